The first kappa shape index (κ1) is 12.4. The van der Waals surface area contributed by atoms with E-state index in [0.717, 1.165) is 4.88 Å². The highest BCUT2D eigenvalue weighted by Crippen LogP contribution is 2.29. The maximum absolute atomic E-state index is 10.8. The van der Waals surface area contributed by atoms with Crippen LogP contribution in [0.1, 0.15) is 0 Å². The fourth-order valence-corrected chi connectivity index (χ4v) is 2.60. The standard InChI is InChI=1S/C13H10N4O2S/c14-11-8-16(15-13(11)12-5-2-6-20-12)9-3-1-4-10(7-9)17(18)19/h1-8H,14H2. The Hall–Kier alpha value is -2.67. The molecule has 2 heterocycles. The molecule has 0 aliphatic carbocycles. The number of hydrogen-bond acceptors (Lipinski definition) is 5. The van der Waals surface area contributed by atoms with E-state index in [1.54, 1.807) is 34.3 Å². The number of nitrogens with two attached hydrogens (primary N) is 1. The van der Waals surface area contributed by atoms with Crippen LogP contribution in [-0.4, -0.2) is 14.7 Å². The van der Waals surface area contributed by atoms with Crippen molar-refractivity contribution in [3.63, 3.8) is 0 Å². The minimum absolute atomic E-state index is 0.0224. The Kier molecular flexibility index (Phi) is 2.96. The second-order valence-corrected chi connectivity index (χ2v) is 5.08. The Morgan fingerprint density at radius 2 is 2.15 bits per heavy atom. The summed E-state index contributed by atoms with van der Waals surface area (Å²) in [6, 6.07) is 10.1. The molecule has 0 aliphatic rings. The van der Waals surface area contributed by atoms with Crippen LogP contribution in [0.4, 0.5) is 11.4 Å². The Morgan fingerprint density at radius 1 is 1.30 bits per heavy atom. The van der Waals surface area contributed by atoms with Crippen LogP contribution in [0.25, 0.3) is 16.3 Å². The highest BCUT2D eigenvalue weighted by Gasteiger charge is 2.12. The van der Waals surface area contributed by atoms with Gasteiger partial charge in [0.2, 0.25) is 0 Å². The molecule has 100 valence electrons. The van der Waals surface area contributed by atoms with Gasteiger partial charge in [0.25, 0.3) is 5.69 Å². The van der Waals surface area contributed by atoms with Crippen molar-refractivity contribution >= 4 is 22.7 Å². The van der Waals surface area contributed by atoms with Gasteiger partial charge >= 0.3 is 0 Å². The summed E-state index contributed by atoms with van der Waals surface area (Å²) < 4.78 is 1.55. The van der Waals surface area contributed by atoms with E-state index in [1.165, 1.54) is 12.1 Å². The Labute approximate surface area is 118 Å². The van der Waals surface area contributed by atoms with Crippen LogP contribution in [0.5, 0.6) is 0 Å². The van der Waals surface area contributed by atoms with Gasteiger partial charge in [-0.25, -0.2) is 4.68 Å². The number of thiophene rings is 1. The van der Waals surface area contributed by atoms with Crippen molar-refractivity contribution in [2.45, 2.75) is 0 Å². The zero-order chi connectivity index (χ0) is 14.1. The summed E-state index contributed by atoms with van der Waals surface area (Å²) in [7, 11) is 0. The van der Waals surface area contributed by atoms with Crippen LogP contribution in [0.2, 0.25) is 0 Å². The summed E-state index contributed by atoms with van der Waals surface area (Å²) in [4.78, 5) is 11.3. The molecule has 3 aromatic rings. The molecule has 2 aromatic heterocycles. The lowest BCUT2D eigenvalue weighted by Gasteiger charge is -2.00. The first-order valence-corrected chi connectivity index (χ1v) is 6.67. The molecular weight excluding hydrogens is 276 g/mol. The molecular formula is C13H10N4O2S. The van der Waals surface area contributed by atoms with Crippen LogP contribution >= 0.6 is 11.3 Å². The molecule has 7 heteroatoms. The summed E-state index contributed by atoms with van der Waals surface area (Å²) in [6.07, 6.45) is 1.66. The topological polar surface area (TPSA) is 87.0 Å². The molecule has 20 heavy (non-hydrogen) atoms. The van der Waals surface area contributed by atoms with Crippen molar-refractivity contribution in [1.82, 2.24) is 9.78 Å². The Balaban J connectivity index is 2.05. The van der Waals surface area contributed by atoms with Crippen molar-refractivity contribution < 1.29 is 4.92 Å². The van der Waals surface area contributed by atoms with Crippen LogP contribution in [-0.2, 0) is 0 Å². The fraction of sp³-hybridized carbons (Fsp3) is 0. The fourth-order valence-electron chi connectivity index (χ4n) is 1.87. The molecule has 0 unspecified atom stereocenters. The van der Waals surface area contributed by atoms with Gasteiger partial charge in [-0.1, -0.05) is 12.1 Å². The predicted octanol–water partition coefficient (Wildman–Crippen LogP) is 3.09. The average Bonchev–Trinajstić information content (AvgIpc) is 3.07. The second-order valence-electron chi connectivity index (χ2n) is 4.13. The maximum atomic E-state index is 10.8. The van der Waals surface area contributed by atoms with Gasteiger partial charge in [0, 0.05) is 12.1 Å². The van der Waals surface area contributed by atoms with E-state index < -0.39 is 4.92 Å². The molecule has 0 bridgehead atoms. The molecule has 3 rings (SSSR count). The largest absolute Gasteiger partial charge is 0.396 e. The predicted molar refractivity (Wildman–Crippen MR) is 77.9 cm³/mol. The molecule has 2 N–H and O–H groups in total. The lowest BCUT2D eigenvalue weighted by molar-refractivity contribution is -0.384. The summed E-state index contributed by atoms with van der Waals surface area (Å²) >= 11 is 1.54. The molecule has 6 nitrogen and oxygen atoms in total. The van der Waals surface area contributed by atoms with Crippen molar-refractivity contribution in [3.8, 4) is 16.3 Å². The molecule has 1 aromatic carbocycles. The van der Waals surface area contributed by atoms with Gasteiger partial charge in [0.05, 0.1) is 27.4 Å². The number of nitrogen functional groups attached to an aromatic ring is 1. The van der Waals surface area contributed by atoms with Crippen LogP contribution in [0.15, 0.2) is 48.0 Å². The summed E-state index contributed by atoms with van der Waals surface area (Å²) in [6.45, 7) is 0. The highest BCUT2D eigenvalue weighted by atomic mass is 32.1. The molecule has 0 atom stereocenters. The summed E-state index contributed by atoms with van der Waals surface area (Å²) in [5.41, 5.74) is 7.81. The molecule has 0 saturated heterocycles. The van der Waals surface area contributed by atoms with E-state index >= 15 is 0 Å². The maximum Gasteiger partial charge on any atom is 0.271 e. The zero-order valence-corrected chi connectivity index (χ0v) is 11.1. The van der Waals surface area contributed by atoms with Gasteiger partial charge in [-0.3, -0.25) is 10.1 Å². The zero-order valence-electron chi connectivity index (χ0n) is 10.3. The Morgan fingerprint density at radius 3 is 2.85 bits per heavy atom. The molecule has 0 fully saturated rings. The minimum Gasteiger partial charge on any atom is -0.396 e. The number of nitro benzene ring substituents is 1. The van der Waals surface area contributed by atoms with E-state index in [0.29, 0.717) is 17.1 Å². The molecule has 0 saturated carbocycles. The SMILES string of the molecule is Nc1cn(-c2cccc([N+](=O)[O-])c2)nc1-c1cccs1. The number of nitrogens with zero attached hydrogens (tertiary/aromatic N) is 3. The first-order valence-electron chi connectivity index (χ1n) is 5.79. The van der Waals surface area contributed by atoms with E-state index in [9.17, 15) is 10.1 Å². The van der Waals surface area contributed by atoms with Crippen molar-refractivity contribution in [3.05, 3.63) is 58.1 Å². The van der Waals surface area contributed by atoms with Crippen LogP contribution in [0, 0.1) is 10.1 Å². The normalized spacial score (nSPS) is 10.6. The molecule has 0 aliphatic heterocycles. The third-order valence-electron chi connectivity index (χ3n) is 2.80. The van der Waals surface area contributed by atoms with Crippen molar-refractivity contribution in [2.75, 3.05) is 5.73 Å². The van der Waals surface area contributed by atoms with Gasteiger partial charge in [0.15, 0.2) is 0 Å². The van der Waals surface area contributed by atoms with E-state index in [1.807, 2.05) is 17.5 Å². The van der Waals surface area contributed by atoms with Crippen molar-refractivity contribution in [1.29, 1.82) is 0 Å². The molecule has 0 amide bonds. The van der Waals surface area contributed by atoms with E-state index in [-0.39, 0.29) is 5.69 Å². The first-order chi connectivity index (χ1) is 9.65. The van der Waals surface area contributed by atoms with Crippen LogP contribution < -0.4 is 5.73 Å². The average molecular weight is 286 g/mol. The lowest BCUT2D eigenvalue weighted by Crippen LogP contribution is -1.96. The van der Waals surface area contributed by atoms with Crippen LogP contribution in [0.3, 0.4) is 0 Å². The van der Waals surface area contributed by atoms with E-state index in [2.05, 4.69) is 5.10 Å². The van der Waals surface area contributed by atoms with E-state index in [4.69, 9.17) is 5.73 Å². The number of rotatable bonds is 3. The lowest BCUT2D eigenvalue weighted by atomic mass is 10.3. The number of hydrogen-bond donors (Lipinski definition) is 1. The quantitative estimate of drug-likeness (QED) is 0.592. The van der Waals surface area contributed by atoms with Gasteiger partial charge in [0.1, 0.15) is 5.69 Å². The third-order valence-corrected chi connectivity index (χ3v) is 3.68. The highest BCUT2D eigenvalue weighted by molar-refractivity contribution is 7.13. The third kappa shape index (κ3) is 2.14. The summed E-state index contributed by atoms with van der Waals surface area (Å²) in [5.74, 6) is 0. The molecule has 0 radical (unpaired) electrons. The smallest absolute Gasteiger partial charge is 0.271 e. The van der Waals surface area contributed by atoms with Gasteiger partial charge < -0.3 is 5.73 Å². The monoisotopic (exact) mass is 286 g/mol. The number of non-ortho nitro benzene ring substituents is 1. The number of anilines is 1. The minimum atomic E-state index is -0.434. The van der Waals surface area contributed by atoms with Gasteiger partial charge in [-0.2, -0.15) is 5.10 Å². The number of aromatic nitrogens is 2. The number of nitro groups is 1. The molecule has 0 spiro atoms. The summed E-state index contributed by atoms with van der Waals surface area (Å²) in [5, 5.41) is 17.1. The van der Waals surface area contributed by atoms with Crippen molar-refractivity contribution in [2.24, 2.45) is 0 Å². The Bertz CT molecular complexity index is 765. The van der Waals surface area contributed by atoms with Gasteiger partial charge in [-0.15, -0.1) is 11.3 Å². The second kappa shape index (κ2) is 4.78. The number of benzene rings is 1. The van der Waals surface area contributed by atoms with Gasteiger partial charge in [-0.05, 0) is 17.5 Å².